The number of nitrogens with one attached hydrogen (secondary N) is 1. The Hall–Kier alpha value is -1.48. The van der Waals surface area contributed by atoms with E-state index in [1.165, 1.54) is 82.6 Å². The van der Waals surface area contributed by atoms with E-state index in [0.29, 0.717) is 11.5 Å². The van der Waals surface area contributed by atoms with Crippen LogP contribution in [0.15, 0.2) is 30.4 Å². The number of aldehydes is 1. The van der Waals surface area contributed by atoms with E-state index in [9.17, 15) is 9.18 Å². The lowest BCUT2D eigenvalue weighted by molar-refractivity contribution is -0.104. The topological polar surface area (TPSA) is 29.1 Å². The molecule has 0 amide bonds. The summed E-state index contributed by atoms with van der Waals surface area (Å²) in [4.78, 5) is 9.41. The molecule has 0 heterocycles. The molecule has 2 fully saturated rings. The highest BCUT2D eigenvalue weighted by Crippen LogP contribution is 2.44. The van der Waals surface area contributed by atoms with E-state index in [1.54, 1.807) is 6.92 Å². The second-order valence-corrected chi connectivity index (χ2v) is 11.0. The summed E-state index contributed by atoms with van der Waals surface area (Å²) in [6.45, 7) is 9.39. The van der Waals surface area contributed by atoms with Crippen molar-refractivity contribution >= 4 is 6.29 Å². The van der Waals surface area contributed by atoms with Crippen LogP contribution in [0.2, 0.25) is 0 Å². The Morgan fingerprint density at radius 2 is 1.51 bits per heavy atom. The second kappa shape index (κ2) is 18.7. The molecule has 1 aromatic rings. The van der Waals surface area contributed by atoms with Crippen LogP contribution in [0.3, 0.4) is 0 Å². The van der Waals surface area contributed by atoms with Crippen LogP contribution in [-0.2, 0) is 11.2 Å². The Bertz CT molecular complexity index is 700. The summed E-state index contributed by atoms with van der Waals surface area (Å²) in [6.07, 6.45) is 19.5. The molecule has 2 saturated carbocycles. The fourth-order valence-corrected chi connectivity index (χ4v) is 5.84. The summed E-state index contributed by atoms with van der Waals surface area (Å²) in [5, 5.41) is 2.75. The standard InChI is InChI=1S/C26H41F.C4H6O.C2H7N/c1-3-5-6-8-20-9-11-21(12-10-20)22-13-15-23(16-14-22)25-18-17-24(7-4-2)26(27)19-25;1-4(2)3-5;1-3-2/h17-23H,3-16H2,1-2H3;3H,1H2,2H3;3H,1-2H3. The van der Waals surface area contributed by atoms with Gasteiger partial charge in [-0.3, -0.25) is 4.79 Å². The lowest BCUT2D eigenvalue weighted by atomic mass is 9.68. The van der Waals surface area contributed by atoms with Gasteiger partial charge in [-0.05, 0) is 112 Å². The Morgan fingerprint density at radius 3 is 1.97 bits per heavy atom. The van der Waals surface area contributed by atoms with Crippen molar-refractivity contribution in [2.24, 2.45) is 17.8 Å². The summed E-state index contributed by atoms with van der Waals surface area (Å²) < 4.78 is 14.3. The van der Waals surface area contributed by atoms with Gasteiger partial charge in [-0.15, -0.1) is 0 Å². The number of aryl methyl sites for hydroxylation is 1. The molecule has 1 aromatic carbocycles. The highest BCUT2D eigenvalue weighted by molar-refractivity contribution is 5.70. The molecule has 0 unspecified atom stereocenters. The zero-order valence-electron chi connectivity index (χ0n) is 23.5. The van der Waals surface area contributed by atoms with E-state index in [1.807, 2.05) is 26.2 Å². The molecule has 3 rings (SSSR count). The van der Waals surface area contributed by atoms with Crippen molar-refractivity contribution < 1.29 is 9.18 Å². The van der Waals surface area contributed by atoms with E-state index in [-0.39, 0.29) is 5.82 Å². The maximum Gasteiger partial charge on any atom is 0.145 e. The lowest BCUT2D eigenvalue weighted by Crippen LogP contribution is -2.25. The summed E-state index contributed by atoms with van der Waals surface area (Å²) in [7, 11) is 3.75. The molecule has 0 radical (unpaired) electrons. The van der Waals surface area contributed by atoms with E-state index in [2.05, 4.69) is 31.8 Å². The van der Waals surface area contributed by atoms with Crippen LogP contribution in [0.4, 0.5) is 4.39 Å². The third-order valence-electron chi connectivity index (χ3n) is 7.81. The van der Waals surface area contributed by atoms with Gasteiger partial charge in [0.15, 0.2) is 0 Å². The van der Waals surface area contributed by atoms with Gasteiger partial charge >= 0.3 is 0 Å². The van der Waals surface area contributed by atoms with Crippen molar-refractivity contribution in [1.29, 1.82) is 0 Å². The van der Waals surface area contributed by atoms with Crippen LogP contribution < -0.4 is 5.32 Å². The minimum Gasteiger partial charge on any atom is -0.323 e. The minimum absolute atomic E-state index is 0.0258. The third-order valence-corrected chi connectivity index (χ3v) is 7.81. The predicted molar refractivity (Wildman–Crippen MR) is 151 cm³/mol. The number of benzene rings is 1. The smallest absolute Gasteiger partial charge is 0.145 e. The van der Waals surface area contributed by atoms with Crippen molar-refractivity contribution in [2.75, 3.05) is 14.1 Å². The van der Waals surface area contributed by atoms with Gasteiger partial charge in [-0.25, -0.2) is 4.39 Å². The van der Waals surface area contributed by atoms with Gasteiger partial charge in [0, 0.05) is 0 Å². The quantitative estimate of drug-likeness (QED) is 0.214. The fourth-order valence-electron chi connectivity index (χ4n) is 5.84. The molecule has 0 bridgehead atoms. The van der Waals surface area contributed by atoms with Crippen LogP contribution in [0, 0.1) is 23.6 Å². The lowest BCUT2D eigenvalue weighted by Gasteiger charge is -2.38. The van der Waals surface area contributed by atoms with Gasteiger partial charge in [-0.1, -0.05) is 77.5 Å². The Morgan fingerprint density at radius 1 is 0.971 bits per heavy atom. The van der Waals surface area contributed by atoms with Crippen LogP contribution in [-0.4, -0.2) is 20.4 Å². The van der Waals surface area contributed by atoms with Crippen LogP contribution in [0.5, 0.6) is 0 Å². The number of halogens is 1. The average Bonchev–Trinajstić information content (AvgIpc) is 2.87. The number of unbranched alkanes of at least 4 members (excludes halogenated alkanes) is 2. The minimum atomic E-state index is 0.0258. The van der Waals surface area contributed by atoms with Crippen molar-refractivity contribution in [3.63, 3.8) is 0 Å². The number of rotatable bonds is 9. The van der Waals surface area contributed by atoms with Crippen molar-refractivity contribution in [1.82, 2.24) is 5.32 Å². The largest absolute Gasteiger partial charge is 0.323 e. The Labute approximate surface area is 216 Å². The van der Waals surface area contributed by atoms with Gasteiger partial charge in [0.1, 0.15) is 12.1 Å². The Balaban J connectivity index is 0.000000669. The van der Waals surface area contributed by atoms with E-state index in [4.69, 9.17) is 0 Å². The van der Waals surface area contributed by atoms with Crippen LogP contribution in [0.25, 0.3) is 0 Å². The van der Waals surface area contributed by atoms with Crippen molar-refractivity contribution in [2.45, 2.75) is 117 Å². The van der Waals surface area contributed by atoms with Gasteiger partial charge in [-0.2, -0.15) is 0 Å². The molecule has 0 aliphatic heterocycles. The molecule has 2 aliphatic rings. The fraction of sp³-hybridized carbons (Fsp3) is 0.719. The van der Waals surface area contributed by atoms with E-state index in [0.717, 1.165) is 42.4 Å². The molecule has 2 aliphatic carbocycles. The molecule has 3 heteroatoms. The van der Waals surface area contributed by atoms with Crippen LogP contribution >= 0.6 is 0 Å². The monoisotopic (exact) mass is 487 g/mol. The summed E-state index contributed by atoms with van der Waals surface area (Å²) in [5.41, 5.74) is 2.72. The second-order valence-electron chi connectivity index (χ2n) is 11.0. The van der Waals surface area contributed by atoms with Gasteiger partial charge in [0.2, 0.25) is 0 Å². The van der Waals surface area contributed by atoms with E-state index >= 15 is 0 Å². The van der Waals surface area contributed by atoms with Crippen molar-refractivity contribution in [3.05, 3.63) is 47.3 Å². The molecule has 1 N–H and O–H groups in total. The molecule has 0 atom stereocenters. The van der Waals surface area contributed by atoms with Crippen molar-refractivity contribution in [3.8, 4) is 0 Å². The zero-order chi connectivity index (χ0) is 26.1. The average molecular weight is 488 g/mol. The number of hydrogen-bond donors (Lipinski definition) is 1. The number of hydrogen-bond acceptors (Lipinski definition) is 2. The maximum atomic E-state index is 14.3. The van der Waals surface area contributed by atoms with Gasteiger partial charge in [0.05, 0.1) is 0 Å². The first-order valence-electron chi connectivity index (χ1n) is 14.4. The zero-order valence-corrected chi connectivity index (χ0v) is 23.5. The molecule has 200 valence electrons. The summed E-state index contributed by atoms with van der Waals surface area (Å²) in [6, 6.07) is 6.10. The first-order chi connectivity index (χ1) is 16.9. The van der Waals surface area contributed by atoms with Gasteiger partial charge in [0.25, 0.3) is 0 Å². The summed E-state index contributed by atoms with van der Waals surface area (Å²) >= 11 is 0. The predicted octanol–water partition coefficient (Wildman–Crippen LogP) is 9.04. The number of allylic oxidation sites excluding steroid dienone is 1. The van der Waals surface area contributed by atoms with Crippen LogP contribution in [0.1, 0.15) is 121 Å². The highest BCUT2D eigenvalue weighted by Gasteiger charge is 2.31. The molecule has 35 heavy (non-hydrogen) atoms. The third kappa shape index (κ3) is 12.4. The Kier molecular flexibility index (Phi) is 16.9. The first kappa shape index (κ1) is 31.5. The van der Waals surface area contributed by atoms with E-state index < -0.39 is 0 Å². The number of carbonyl (C=O) groups excluding carboxylic acids is 1. The highest BCUT2D eigenvalue weighted by atomic mass is 19.1. The first-order valence-corrected chi connectivity index (χ1v) is 14.4. The molecule has 0 spiro atoms. The molecular formula is C32H54FNO. The SMILES string of the molecule is C=C(C)C=O.CCCCCC1CCC(C2CCC(c3ccc(CCC)c(F)c3)CC2)CC1.CNC. The molecule has 0 saturated heterocycles. The molecule has 2 nitrogen and oxygen atoms in total. The molecular weight excluding hydrogens is 433 g/mol. The normalized spacial score (nSPS) is 23.8. The number of carbonyl (C=O) groups is 1. The summed E-state index contributed by atoms with van der Waals surface area (Å²) in [5.74, 6) is 3.57. The maximum absolute atomic E-state index is 14.3. The van der Waals surface area contributed by atoms with Gasteiger partial charge < -0.3 is 5.32 Å². The molecule has 0 aromatic heterocycles.